The monoisotopic (exact) mass is 486 g/mol. The minimum absolute atomic E-state index is 0.0106. The van der Waals surface area contributed by atoms with Crippen molar-refractivity contribution in [2.45, 2.75) is 105 Å². The number of aliphatic hydroxyl groups is 2. The Morgan fingerprint density at radius 3 is 2.23 bits per heavy atom. The zero-order chi connectivity index (χ0) is 25.9. The summed E-state index contributed by atoms with van der Waals surface area (Å²) in [6, 6.07) is 0. The van der Waals surface area contributed by atoms with Crippen molar-refractivity contribution in [3.05, 3.63) is 12.2 Å². The number of carboxylic acid groups (broad SMARTS) is 1. The molecule has 5 saturated carbocycles. The molecule has 196 valence electrons. The van der Waals surface area contributed by atoms with Gasteiger partial charge in [0.15, 0.2) is 0 Å². The van der Waals surface area contributed by atoms with E-state index in [1.165, 1.54) is 0 Å². The molecule has 0 radical (unpaired) electrons. The van der Waals surface area contributed by atoms with Gasteiger partial charge in [0.25, 0.3) is 0 Å². The lowest BCUT2D eigenvalue weighted by molar-refractivity contribution is -0.282. The van der Waals surface area contributed by atoms with Gasteiger partial charge in [-0.25, -0.2) is 0 Å². The highest BCUT2D eigenvalue weighted by Gasteiger charge is 2.75. The van der Waals surface area contributed by atoms with E-state index in [1.807, 2.05) is 20.8 Å². The van der Waals surface area contributed by atoms with Gasteiger partial charge >= 0.3 is 5.97 Å². The Morgan fingerprint density at radius 2 is 1.63 bits per heavy atom. The van der Waals surface area contributed by atoms with E-state index >= 15 is 0 Å². The molecule has 0 saturated heterocycles. The quantitative estimate of drug-likeness (QED) is 0.464. The summed E-state index contributed by atoms with van der Waals surface area (Å²) in [5.41, 5.74) is -1.11. The Hall–Kier alpha value is -1.20. The highest BCUT2D eigenvalue weighted by molar-refractivity contribution is 5.86. The van der Waals surface area contributed by atoms with E-state index in [0.717, 1.165) is 31.3 Å². The van der Waals surface area contributed by atoms with Crippen LogP contribution in [-0.2, 0) is 9.59 Å². The molecule has 0 amide bonds. The third-order valence-corrected chi connectivity index (χ3v) is 13.3. The molecule has 0 bridgehead atoms. The van der Waals surface area contributed by atoms with Crippen LogP contribution in [0.4, 0.5) is 0 Å². The summed E-state index contributed by atoms with van der Waals surface area (Å²) in [6.07, 6.45) is 4.17. The van der Waals surface area contributed by atoms with Crippen LogP contribution in [0.3, 0.4) is 0 Å². The van der Waals surface area contributed by atoms with Crippen molar-refractivity contribution in [1.82, 2.24) is 0 Å². The lowest BCUT2D eigenvalue weighted by atomic mass is 9.31. The molecule has 5 fully saturated rings. The molecule has 0 aromatic carbocycles. The molecule has 0 aliphatic heterocycles. The highest BCUT2D eigenvalue weighted by Crippen LogP contribution is 2.77. The van der Waals surface area contributed by atoms with Crippen molar-refractivity contribution in [1.29, 1.82) is 0 Å². The predicted molar refractivity (Wildman–Crippen MR) is 134 cm³/mol. The van der Waals surface area contributed by atoms with E-state index in [-0.39, 0.29) is 52.6 Å². The Morgan fingerprint density at radius 1 is 0.971 bits per heavy atom. The van der Waals surface area contributed by atoms with Crippen LogP contribution in [-0.4, -0.2) is 39.3 Å². The summed E-state index contributed by atoms with van der Waals surface area (Å²) < 4.78 is 0. The fraction of sp³-hybridized carbons (Fsp3) is 0.867. The maximum Gasteiger partial charge on any atom is 0.309 e. The first kappa shape index (κ1) is 25.4. The number of carbonyl (C=O) groups is 2. The number of rotatable bonds is 2. The smallest absolute Gasteiger partial charge is 0.309 e. The summed E-state index contributed by atoms with van der Waals surface area (Å²) >= 11 is 0. The van der Waals surface area contributed by atoms with E-state index in [1.54, 1.807) is 0 Å². The first-order valence-corrected chi connectivity index (χ1v) is 13.9. The van der Waals surface area contributed by atoms with Crippen molar-refractivity contribution in [2.24, 2.45) is 56.7 Å². The van der Waals surface area contributed by atoms with Gasteiger partial charge in [-0.3, -0.25) is 9.59 Å². The first-order valence-electron chi connectivity index (χ1n) is 13.9. The Kier molecular flexibility index (Phi) is 5.40. The average molecular weight is 487 g/mol. The second-order valence-electron chi connectivity index (χ2n) is 14.5. The van der Waals surface area contributed by atoms with Gasteiger partial charge in [0.2, 0.25) is 0 Å². The molecular weight excluding hydrogens is 440 g/mol. The molecule has 0 spiro atoms. The molecule has 5 nitrogen and oxygen atoms in total. The second-order valence-corrected chi connectivity index (χ2v) is 14.5. The largest absolute Gasteiger partial charge is 0.481 e. The van der Waals surface area contributed by atoms with Crippen molar-refractivity contribution >= 4 is 11.8 Å². The number of carbonyl (C=O) groups excluding carboxylic acids is 1. The topological polar surface area (TPSA) is 94.8 Å². The molecule has 0 aromatic rings. The minimum Gasteiger partial charge on any atom is -0.481 e. The number of aliphatic carboxylic acids is 1. The van der Waals surface area contributed by atoms with Crippen LogP contribution in [0.5, 0.6) is 0 Å². The van der Waals surface area contributed by atoms with Crippen molar-refractivity contribution in [2.75, 3.05) is 0 Å². The Balaban J connectivity index is 1.63. The second kappa shape index (κ2) is 7.43. The van der Waals surface area contributed by atoms with E-state index < -0.39 is 34.4 Å². The fourth-order valence-corrected chi connectivity index (χ4v) is 11.3. The molecular formula is C30H46O5. The number of hydrogen-bond donors (Lipinski definition) is 3. The molecule has 5 heteroatoms. The number of Topliss-reactive ketones (excluding diaryl/α,β-unsaturated/α-hetero) is 1. The van der Waals surface area contributed by atoms with Crippen LogP contribution in [0.25, 0.3) is 0 Å². The van der Waals surface area contributed by atoms with Crippen LogP contribution >= 0.6 is 0 Å². The van der Waals surface area contributed by atoms with Gasteiger partial charge in [0.1, 0.15) is 5.78 Å². The standard InChI is InChI=1S/C30H46O5/c1-16(2)17-8-11-30(25(34)35)13-12-27(5)18(23(17)30)14-19(31)24-28(27,6)10-9-20-26(3,4)21(32)15-22(33)29(20,24)7/h17-20,22-24,31,33H,1,8-15H2,2-7H3,(H,34,35)/t17-,18+,19+,20-,22+,23+,24-,27+,28+,29+,30-/m0/s1. The first-order chi connectivity index (χ1) is 16.1. The number of allylic oxidation sites excluding steroid dienone is 1. The van der Waals surface area contributed by atoms with Gasteiger partial charge in [0.05, 0.1) is 17.6 Å². The number of fused-ring (bicyclic) bond motifs is 7. The molecule has 5 aliphatic carbocycles. The van der Waals surface area contributed by atoms with Crippen molar-refractivity contribution < 1.29 is 24.9 Å². The van der Waals surface area contributed by atoms with Gasteiger partial charge in [-0.15, -0.1) is 0 Å². The third kappa shape index (κ3) is 2.83. The third-order valence-electron chi connectivity index (χ3n) is 13.3. The van der Waals surface area contributed by atoms with Crippen LogP contribution < -0.4 is 0 Å². The molecule has 3 N–H and O–H groups in total. The van der Waals surface area contributed by atoms with E-state index in [4.69, 9.17) is 0 Å². The van der Waals surface area contributed by atoms with E-state index in [0.29, 0.717) is 19.3 Å². The summed E-state index contributed by atoms with van der Waals surface area (Å²) in [7, 11) is 0. The maximum atomic E-state index is 13.0. The summed E-state index contributed by atoms with van der Waals surface area (Å²) in [4.78, 5) is 25.7. The minimum atomic E-state index is -0.760. The fourth-order valence-electron chi connectivity index (χ4n) is 11.3. The number of hydrogen-bond acceptors (Lipinski definition) is 4. The predicted octanol–water partition coefficient (Wildman–Crippen LogP) is 5.24. The Labute approximate surface area is 210 Å². The van der Waals surface area contributed by atoms with Gasteiger partial charge in [-0.2, -0.15) is 0 Å². The van der Waals surface area contributed by atoms with Crippen molar-refractivity contribution in [3.63, 3.8) is 0 Å². The molecule has 11 atom stereocenters. The maximum absolute atomic E-state index is 13.0. The molecule has 5 rings (SSSR count). The van der Waals surface area contributed by atoms with E-state index in [9.17, 15) is 24.9 Å². The highest BCUT2D eigenvalue weighted by atomic mass is 16.4. The van der Waals surface area contributed by atoms with Gasteiger partial charge < -0.3 is 15.3 Å². The zero-order valence-corrected chi connectivity index (χ0v) is 22.6. The molecule has 5 aliphatic rings. The van der Waals surface area contributed by atoms with Crippen molar-refractivity contribution in [3.8, 4) is 0 Å². The van der Waals surface area contributed by atoms with E-state index in [2.05, 4.69) is 27.4 Å². The number of ketones is 1. The average Bonchev–Trinajstić information content (AvgIpc) is 3.15. The van der Waals surface area contributed by atoms with Gasteiger partial charge in [-0.1, -0.05) is 46.8 Å². The SMILES string of the molecule is C=C(C)[C@@H]1CC[C@]2(C(=O)O)CC[C@]3(C)[C@H](C[C@@H](O)[C@@H]4[C@@]5(C)[C@H](O)CC(=O)C(C)(C)[C@@H]5CC[C@]43C)[C@@H]12. The van der Waals surface area contributed by atoms with Crippen LogP contribution in [0.1, 0.15) is 92.9 Å². The lowest BCUT2D eigenvalue weighted by Gasteiger charge is -2.73. The molecule has 0 heterocycles. The molecule has 0 aromatic heterocycles. The molecule has 35 heavy (non-hydrogen) atoms. The number of carboxylic acids is 1. The summed E-state index contributed by atoms with van der Waals surface area (Å²) in [6.45, 7) is 17.2. The summed E-state index contributed by atoms with van der Waals surface area (Å²) in [5.74, 6) is -0.383. The lowest BCUT2D eigenvalue weighted by Crippen LogP contribution is -2.72. The van der Waals surface area contributed by atoms with Crippen LogP contribution in [0, 0.1) is 56.7 Å². The summed E-state index contributed by atoms with van der Waals surface area (Å²) in [5, 5.41) is 33.9. The van der Waals surface area contributed by atoms with Crippen LogP contribution in [0.2, 0.25) is 0 Å². The molecule has 0 unspecified atom stereocenters. The van der Waals surface area contributed by atoms with Gasteiger partial charge in [0, 0.05) is 17.3 Å². The normalized spacial score (nSPS) is 54.7. The van der Waals surface area contributed by atoms with Crippen LogP contribution in [0.15, 0.2) is 12.2 Å². The zero-order valence-electron chi connectivity index (χ0n) is 22.6. The van der Waals surface area contributed by atoms with Gasteiger partial charge in [-0.05, 0) is 92.3 Å². The Bertz CT molecular complexity index is 970. The number of aliphatic hydroxyl groups excluding tert-OH is 2.